The van der Waals surface area contributed by atoms with Gasteiger partial charge in [-0.15, -0.1) is 0 Å². The summed E-state index contributed by atoms with van der Waals surface area (Å²) in [5, 5.41) is 0. The Bertz CT molecular complexity index is 123. The maximum Gasteiger partial charge on any atom is 0.293 e. The summed E-state index contributed by atoms with van der Waals surface area (Å²) in [5.41, 5.74) is 0. The number of ether oxygens (including phenoxy) is 1. The van der Waals surface area contributed by atoms with E-state index in [1.54, 1.807) is 0 Å². The number of carbonyl (C=O) groups excluding carboxylic acids is 1. The van der Waals surface area contributed by atoms with E-state index in [9.17, 15) is 4.79 Å². The lowest BCUT2D eigenvalue weighted by Crippen LogP contribution is -2.05. The van der Waals surface area contributed by atoms with Crippen LogP contribution >= 0.6 is 0 Å². The van der Waals surface area contributed by atoms with Crippen LogP contribution in [0.25, 0.3) is 0 Å². The molecule has 0 aromatic rings. The third-order valence-electron chi connectivity index (χ3n) is 2.54. The van der Waals surface area contributed by atoms with Gasteiger partial charge >= 0.3 is 0 Å². The third kappa shape index (κ3) is 7.82. The van der Waals surface area contributed by atoms with Crippen LogP contribution in [0.4, 0.5) is 0 Å². The van der Waals surface area contributed by atoms with Crippen molar-refractivity contribution in [3.05, 3.63) is 0 Å². The highest BCUT2D eigenvalue weighted by Gasteiger charge is 2.04. The number of carbonyl (C=O) groups is 1. The maximum atomic E-state index is 9.92. The normalized spacial score (nSPS) is 15.0. The topological polar surface area (TPSA) is 26.3 Å². The van der Waals surface area contributed by atoms with Crippen LogP contribution in [-0.4, -0.2) is 13.1 Å². The molecule has 13 heavy (non-hydrogen) atoms. The predicted molar refractivity (Wildman–Crippen MR) is 54.5 cm³/mol. The summed E-state index contributed by atoms with van der Waals surface area (Å²) >= 11 is 0. The maximum absolute atomic E-state index is 9.92. The molecule has 0 aliphatic carbocycles. The van der Waals surface area contributed by atoms with Crippen molar-refractivity contribution in [1.29, 1.82) is 0 Å². The molecule has 0 saturated carbocycles. The third-order valence-corrected chi connectivity index (χ3v) is 2.54. The molecule has 0 rings (SSSR count). The van der Waals surface area contributed by atoms with Gasteiger partial charge in [0, 0.05) is 0 Å². The summed E-state index contributed by atoms with van der Waals surface area (Å²) in [6.45, 7) is 7.74. The van der Waals surface area contributed by atoms with Crippen molar-refractivity contribution in [2.75, 3.05) is 6.61 Å². The van der Waals surface area contributed by atoms with E-state index >= 15 is 0 Å². The summed E-state index contributed by atoms with van der Waals surface area (Å²) < 4.78 is 4.70. The molecule has 0 saturated heterocycles. The van der Waals surface area contributed by atoms with E-state index in [0.717, 1.165) is 12.3 Å². The largest absolute Gasteiger partial charge is 0.468 e. The van der Waals surface area contributed by atoms with E-state index in [4.69, 9.17) is 4.74 Å². The molecule has 0 aliphatic heterocycles. The molecule has 0 aromatic carbocycles. The van der Waals surface area contributed by atoms with Crippen molar-refractivity contribution in [3.63, 3.8) is 0 Å². The van der Waals surface area contributed by atoms with Crippen molar-refractivity contribution in [3.8, 4) is 0 Å². The van der Waals surface area contributed by atoms with E-state index in [2.05, 4.69) is 20.8 Å². The van der Waals surface area contributed by atoms with Crippen LogP contribution in [0, 0.1) is 11.8 Å². The zero-order chi connectivity index (χ0) is 10.1. The van der Waals surface area contributed by atoms with Crippen molar-refractivity contribution < 1.29 is 9.53 Å². The lowest BCUT2D eigenvalue weighted by atomic mass is 9.97. The van der Waals surface area contributed by atoms with Crippen LogP contribution in [0.3, 0.4) is 0 Å². The minimum Gasteiger partial charge on any atom is -0.468 e. The Kier molecular flexibility index (Phi) is 7.76. The fraction of sp³-hybridized carbons (Fsp3) is 0.909. The molecule has 0 radical (unpaired) electrons. The summed E-state index contributed by atoms with van der Waals surface area (Å²) in [4.78, 5) is 9.92. The minimum absolute atomic E-state index is 0.509. The van der Waals surface area contributed by atoms with Crippen molar-refractivity contribution in [2.45, 2.75) is 46.5 Å². The number of hydrogen-bond acceptors (Lipinski definition) is 2. The minimum atomic E-state index is 0.509. The van der Waals surface area contributed by atoms with Gasteiger partial charge in [-0.25, -0.2) is 0 Å². The van der Waals surface area contributed by atoms with Crippen LogP contribution in [-0.2, 0) is 9.53 Å². The average molecular weight is 186 g/mol. The number of rotatable bonds is 8. The van der Waals surface area contributed by atoms with Crippen molar-refractivity contribution in [2.24, 2.45) is 11.8 Å². The van der Waals surface area contributed by atoms with Crippen LogP contribution < -0.4 is 0 Å². The molecule has 2 nitrogen and oxygen atoms in total. The van der Waals surface area contributed by atoms with Gasteiger partial charge in [0.25, 0.3) is 6.47 Å². The average Bonchev–Trinajstić information content (AvgIpc) is 2.14. The van der Waals surface area contributed by atoms with E-state index in [-0.39, 0.29) is 0 Å². The first kappa shape index (κ1) is 12.5. The monoisotopic (exact) mass is 186 g/mol. The highest BCUT2D eigenvalue weighted by atomic mass is 16.5. The van der Waals surface area contributed by atoms with Gasteiger partial charge in [0.05, 0.1) is 6.61 Å². The molecule has 0 aliphatic rings. The first-order chi connectivity index (χ1) is 6.20. The molecule has 2 atom stereocenters. The molecule has 0 amide bonds. The molecule has 0 bridgehead atoms. The Labute approximate surface area is 81.7 Å². The predicted octanol–water partition coefficient (Wildman–Crippen LogP) is 3.01. The molecule has 78 valence electrons. The fourth-order valence-corrected chi connectivity index (χ4v) is 1.31. The number of hydrogen-bond donors (Lipinski definition) is 0. The fourth-order valence-electron chi connectivity index (χ4n) is 1.31. The summed E-state index contributed by atoms with van der Waals surface area (Å²) in [5.74, 6) is 1.34. The Morgan fingerprint density at radius 1 is 1.23 bits per heavy atom. The standard InChI is InChI=1S/C11H22O2/c1-4-10(2)6-5-7-11(3)8-13-9-12/h9-11H,4-8H2,1-3H3/t10-,11+/m0/s1. The Hall–Kier alpha value is -0.530. The summed E-state index contributed by atoms with van der Waals surface area (Å²) in [6.07, 6.45) is 4.97. The zero-order valence-electron chi connectivity index (χ0n) is 9.08. The molecule has 0 heterocycles. The molecule has 0 spiro atoms. The summed E-state index contributed by atoms with van der Waals surface area (Å²) in [7, 11) is 0. The Morgan fingerprint density at radius 2 is 1.85 bits per heavy atom. The van der Waals surface area contributed by atoms with Crippen molar-refractivity contribution >= 4 is 6.47 Å². The molecule has 0 N–H and O–H groups in total. The SMILES string of the molecule is CC[C@H](C)CCC[C@@H](C)COC=O. The summed E-state index contributed by atoms with van der Waals surface area (Å²) in [6, 6.07) is 0. The van der Waals surface area contributed by atoms with E-state index in [0.29, 0.717) is 19.0 Å². The van der Waals surface area contributed by atoms with Crippen LogP contribution in [0.2, 0.25) is 0 Å². The van der Waals surface area contributed by atoms with Gasteiger partial charge in [0.1, 0.15) is 0 Å². The van der Waals surface area contributed by atoms with Gasteiger partial charge in [-0.05, 0) is 18.3 Å². The van der Waals surface area contributed by atoms with Gasteiger partial charge < -0.3 is 4.74 Å². The quantitative estimate of drug-likeness (QED) is 0.545. The van der Waals surface area contributed by atoms with Gasteiger partial charge in [-0.2, -0.15) is 0 Å². The Morgan fingerprint density at radius 3 is 2.38 bits per heavy atom. The smallest absolute Gasteiger partial charge is 0.293 e. The molecule has 2 heteroatoms. The van der Waals surface area contributed by atoms with Gasteiger partial charge in [0.15, 0.2) is 0 Å². The molecule has 0 fully saturated rings. The second kappa shape index (κ2) is 8.09. The first-order valence-electron chi connectivity index (χ1n) is 5.25. The van der Waals surface area contributed by atoms with Crippen LogP contribution in [0.5, 0.6) is 0 Å². The van der Waals surface area contributed by atoms with Gasteiger partial charge in [-0.1, -0.05) is 40.0 Å². The van der Waals surface area contributed by atoms with E-state index in [1.165, 1.54) is 19.3 Å². The zero-order valence-corrected chi connectivity index (χ0v) is 9.08. The second-order valence-corrected chi connectivity index (χ2v) is 3.98. The van der Waals surface area contributed by atoms with Crippen molar-refractivity contribution in [1.82, 2.24) is 0 Å². The molecular formula is C11H22O2. The molecule has 0 unspecified atom stereocenters. The first-order valence-corrected chi connectivity index (χ1v) is 5.25. The van der Waals surface area contributed by atoms with Gasteiger partial charge in [0.2, 0.25) is 0 Å². The van der Waals surface area contributed by atoms with E-state index < -0.39 is 0 Å². The second-order valence-electron chi connectivity index (χ2n) is 3.98. The lowest BCUT2D eigenvalue weighted by Gasteiger charge is -2.11. The highest BCUT2D eigenvalue weighted by molar-refractivity contribution is 5.36. The van der Waals surface area contributed by atoms with Crippen LogP contribution in [0.1, 0.15) is 46.5 Å². The molecule has 0 aromatic heterocycles. The van der Waals surface area contributed by atoms with Crippen LogP contribution in [0.15, 0.2) is 0 Å². The van der Waals surface area contributed by atoms with Gasteiger partial charge in [-0.3, -0.25) is 4.79 Å². The Balaban J connectivity index is 3.25. The van der Waals surface area contributed by atoms with E-state index in [1.807, 2.05) is 0 Å². The lowest BCUT2D eigenvalue weighted by molar-refractivity contribution is -0.129. The highest BCUT2D eigenvalue weighted by Crippen LogP contribution is 2.14. The molecular weight excluding hydrogens is 164 g/mol.